The molecule has 3 rings (SSSR count). The average Bonchev–Trinajstić information content (AvgIpc) is 2.94. The fraction of sp³-hybridized carbons (Fsp3) is 0.0588. The molecule has 6 heteroatoms. The second kappa shape index (κ2) is 6.58. The molecule has 0 radical (unpaired) electrons. The Morgan fingerprint density at radius 1 is 1.30 bits per heavy atom. The number of anilines is 1. The summed E-state index contributed by atoms with van der Waals surface area (Å²) in [6.07, 6.45) is 2.90. The number of halogens is 1. The topological polar surface area (TPSA) is 51.2 Å². The van der Waals surface area contributed by atoms with Gasteiger partial charge in [-0.2, -0.15) is 0 Å². The van der Waals surface area contributed by atoms with Crippen LogP contribution in [0.5, 0.6) is 5.75 Å². The maximum absolute atomic E-state index is 13.1. The van der Waals surface area contributed by atoms with Gasteiger partial charge in [0.05, 0.1) is 17.3 Å². The molecule has 0 aliphatic carbocycles. The van der Waals surface area contributed by atoms with Gasteiger partial charge in [0.1, 0.15) is 11.6 Å². The van der Waals surface area contributed by atoms with E-state index >= 15 is 0 Å². The molecule has 23 heavy (non-hydrogen) atoms. The summed E-state index contributed by atoms with van der Waals surface area (Å²) in [5.74, 6) is 0.0815. The molecule has 0 saturated carbocycles. The van der Waals surface area contributed by atoms with Crippen LogP contribution in [-0.4, -0.2) is 18.0 Å². The van der Waals surface area contributed by atoms with Crippen molar-refractivity contribution in [1.82, 2.24) is 4.98 Å². The van der Waals surface area contributed by atoms with Crippen LogP contribution < -0.4 is 10.1 Å². The van der Waals surface area contributed by atoms with E-state index in [0.717, 1.165) is 16.0 Å². The first-order valence-corrected chi connectivity index (χ1v) is 7.65. The molecule has 0 aliphatic heterocycles. The number of amides is 1. The van der Waals surface area contributed by atoms with E-state index in [2.05, 4.69) is 10.3 Å². The Balaban J connectivity index is 1.72. The smallest absolute Gasteiger partial charge is 0.250 e. The van der Waals surface area contributed by atoms with Gasteiger partial charge < -0.3 is 4.74 Å². The minimum atomic E-state index is -0.340. The summed E-state index contributed by atoms with van der Waals surface area (Å²) in [5, 5.41) is 3.20. The van der Waals surface area contributed by atoms with Crippen molar-refractivity contribution in [2.45, 2.75) is 0 Å². The van der Waals surface area contributed by atoms with Crippen LogP contribution in [0.1, 0.15) is 5.56 Å². The molecule has 1 aromatic heterocycles. The Morgan fingerprint density at radius 2 is 2.17 bits per heavy atom. The first kappa shape index (κ1) is 15.2. The number of hydrogen-bond donors (Lipinski definition) is 1. The Bertz CT molecular complexity index is 889. The number of rotatable bonds is 4. The second-order valence-corrected chi connectivity index (χ2v) is 5.76. The first-order valence-electron chi connectivity index (χ1n) is 6.83. The van der Waals surface area contributed by atoms with Crippen LogP contribution in [-0.2, 0) is 4.79 Å². The average molecular weight is 328 g/mol. The number of fused-ring (bicyclic) bond motifs is 1. The van der Waals surface area contributed by atoms with Crippen LogP contribution >= 0.6 is 11.3 Å². The van der Waals surface area contributed by atoms with Crippen LogP contribution in [0, 0.1) is 5.82 Å². The van der Waals surface area contributed by atoms with Crippen LogP contribution in [0.4, 0.5) is 9.52 Å². The van der Waals surface area contributed by atoms with E-state index < -0.39 is 0 Å². The van der Waals surface area contributed by atoms with Gasteiger partial charge in [0.2, 0.25) is 5.91 Å². The SMILES string of the molecule is COc1ccc2nc(NC(=O)C=Cc3cccc(F)c3)sc2c1. The molecule has 1 heterocycles. The number of nitrogens with one attached hydrogen (secondary N) is 1. The number of benzene rings is 2. The molecule has 1 N–H and O–H groups in total. The highest BCUT2D eigenvalue weighted by Gasteiger charge is 2.07. The largest absolute Gasteiger partial charge is 0.497 e. The lowest BCUT2D eigenvalue weighted by Gasteiger charge is -1.96. The number of thiazole rings is 1. The summed E-state index contributed by atoms with van der Waals surface area (Å²) in [6.45, 7) is 0. The van der Waals surface area contributed by atoms with Crippen molar-refractivity contribution in [3.63, 3.8) is 0 Å². The molecular formula is C17H13FN2O2S. The zero-order valence-electron chi connectivity index (χ0n) is 12.2. The molecule has 0 spiro atoms. The van der Waals surface area contributed by atoms with E-state index in [1.807, 2.05) is 18.2 Å². The van der Waals surface area contributed by atoms with Gasteiger partial charge in [0, 0.05) is 6.08 Å². The quantitative estimate of drug-likeness (QED) is 0.734. The fourth-order valence-electron chi connectivity index (χ4n) is 2.01. The summed E-state index contributed by atoms with van der Waals surface area (Å²) in [7, 11) is 1.60. The monoisotopic (exact) mass is 328 g/mol. The lowest BCUT2D eigenvalue weighted by Crippen LogP contribution is -2.07. The molecule has 0 unspecified atom stereocenters. The predicted molar refractivity (Wildman–Crippen MR) is 90.2 cm³/mol. The number of carbonyl (C=O) groups is 1. The van der Waals surface area contributed by atoms with Crippen molar-refractivity contribution >= 4 is 38.7 Å². The van der Waals surface area contributed by atoms with Gasteiger partial charge in [-0.1, -0.05) is 23.5 Å². The van der Waals surface area contributed by atoms with Gasteiger partial charge in [0.15, 0.2) is 5.13 Å². The van der Waals surface area contributed by atoms with E-state index in [4.69, 9.17) is 4.74 Å². The third kappa shape index (κ3) is 3.73. The van der Waals surface area contributed by atoms with Crippen molar-refractivity contribution in [1.29, 1.82) is 0 Å². The molecule has 4 nitrogen and oxygen atoms in total. The third-order valence-electron chi connectivity index (χ3n) is 3.10. The highest BCUT2D eigenvalue weighted by atomic mass is 32.1. The Hall–Kier alpha value is -2.73. The molecule has 116 valence electrons. The molecule has 0 fully saturated rings. The van der Waals surface area contributed by atoms with E-state index in [1.54, 1.807) is 25.3 Å². The Kier molecular flexibility index (Phi) is 4.34. The van der Waals surface area contributed by atoms with Crippen LogP contribution in [0.25, 0.3) is 16.3 Å². The molecule has 0 atom stereocenters. The van der Waals surface area contributed by atoms with Gasteiger partial charge in [0.25, 0.3) is 0 Å². The normalized spacial score (nSPS) is 11.0. The highest BCUT2D eigenvalue weighted by Crippen LogP contribution is 2.29. The minimum absolute atomic E-state index is 0.319. The number of hydrogen-bond acceptors (Lipinski definition) is 4. The maximum atomic E-state index is 13.1. The lowest BCUT2D eigenvalue weighted by atomic mass is 10.2. The second-order valence-electron chi connectivity index (χ2n) is 4.73. The Labute approximate surface area is 136 Å². The molecule has 2 aromatic carbocycles. The van der Waals surface area contributed by atoms with Gasteiger partial charge in [-0.3, -0.25) is 10.1 Å². The number of aromatic nitrogens is 1. The molecular weight excluding hydrogens is 315 g/mol. The standard InChI is InChI=1S/C17H13FN2O2S/c1-22-13-6-7-14-15(10-13)23-17(19-14)20-16(21)8-5-11-3-2-4-12(18)9-11/h2-10H,1H3,(H,19,20,21). The lowest BCUT2D eigenvalue weighted by molar-refractivity contribution is -0.111. The zero-order chi connectivity index (χ0) is 16.2. The minimum Gasteiger partial charge on any atom is -0.497 e. The van der Waals surface area contributed by atoms with E-state index in [-0.39, 0.29) is 11.7 Å². The van der Waals surface area contributed by atoms with Crippen molar-refractivity contribution < 1.29 is 13.9 Å². The molecule has 0 saturated heterocycles. The summed E-state index contributed by atoms with van der Waals surface area (Å²) in [6, 6.07) is 11.5. The fourth-order valence-corrected chi connectivity index (χ4v) is 2.91. The molecule has 1 amide bonds. The Morgan fingerprint density at radius 3 is 2.96 bits per heavy atom. The summed E-state index contributed by atoms with van der Waals surface area (Å²) >= 11 is 1.36. The van der Waals surface area contributed by atoms with Gasteiger partial charge in [-0.25, -0.2) is 9.37 Å². The third-order valence-corrected chi connectivity index (χ3v) is 4.04. The van der Waals surface area contributed by atoms with E-state index in [9.17, 15) is 9.18 Å². The van der Waals surface area contributed by atoms with Crippen LogP contribution in [0.15, 0.2) is 48.5 Å². The van der Waals surface area contributed by atoms with E-state index in [1.165, 1.54) is 29.5 Å². The number of ether oxygens (including phenoxy) is 1. The van der Waals surface area contributed by atoms with Gasteiger partial charge >= 0.3 is 0 Å². The summed E-state index contributed by atoms with van der Waals surface area (Å²) in [5.41, 5.74) is 1.41. The van der Waals surface area contributed by atoms with Gasteiger partial charge in [-0.15, -0.1) is 0 Å². The van der Waals surface area contributed by atoms with Crippen LogP contribution in [0.3, 0.4) is 0 Å². The molecule has 0 aliphatic rings. The van der Waals surface area contributed by atoms with Crippen molar-refractivity contribution in [2.75, 3.05) is 12.4 Å². The van der Waals surface area contributed by atoms with Crippen molar-refractivity contribution in [3.05, 3.63) is 59.9 Å². The van der Waals surface area contributed by atoms with Gasteiger partial charge in [-0.05, 0) is 42.0 Å². The van der Waals surface area contributed by atoms with E-state index in [0.29, 0.717) is 10.7 Å². The highest BCUT2D eigenvalue weighted by molar-refractivity contribution is 7.22. The number of nitrogens with zero attached hydrogens (tertiary/aromatic N) is 1. The van der Waals surface area contributed by atoms with Crippen LogP contribution in [0.2, 0.25) is 0 Å². The molecule has 3 aromatic rings. The van der Waals surface area contributed by atoms with Crippen molar-refractivity contribution in [3.8, 4) is 5.75 Å². The maximum Gasteiger partial charge on any atom is 0.250 e. The predicted octanol–water partition coefficient (Wildman–Crippen LogP) is 4.10. The number of carbonyl (C=O) groups excluding carboxylic acids is 1. The first-order chi connectivity index (χ1) is 11.1. The molecule has 0 bridgehead atoms. The summed E-state index contributed by atoms with van der Waals surface area (Å²) < 4.78 is 19.1. The zero-order valence-corrected chi connectivity index (χ0v) is 13.1. The number of methoxy groups -OCH3 is 1. The summed E-state index contributed by atoms with van der Waals surface area (Å²) in [4.78, 5) is 16.3. The van der Waals surface area contributed by atoms with Crippen molar-refractivity contribution in [2.24, 2.45) is 0 Å².